The Morgan fingerprint density at radius 3 is 2.38 bits per heavy atom. The van der Waals surface area contributed by atoms with Crippen LogP contribution in [0.4, 0.5) is 4.39 Å². The van der Waals surface area contributed by atoms with Gasteiger partial charge in [0.1, 0.15) is 5.82 Å². The van der Waals surface area contributed by atoms with Crippen LogP contribution >= 0.6 is 27.5 Å². The summed E-state index contributed by atoms with van der Waals surface area (Å²) in [6, 6.07) is 10.4. The summed E-state index contributed by atoms with van der Waals surface area (Å²) in [5, 5.41) is 0.561. The van der Waals surface area contributed by atoms with Gasteiger partial charge in [-0.1, -0.05) is 45.7 Å². The molecule has 0 unspecified atom stereocenters. The largest absolute Gasteiger partial charge is 0.206 e. The Labute approximate surface area is 107 Å². The Morgan fingerprint density at radius 2 is 1.75 bits per heavy atom. The Balaban J connectivity index is 2.77. The molecule has 0 N–H and O–H groups in total. The summed E-state index contributed by atoms with van der Waals surface area (Å²) in [6.07, 6.45) is 0. The average Bonchev–Trinajstić information content (AvgIpc) is 2.21. The molecule has 3 heteroatoms. The van der Waals surface area contributed by atoms with E-state index in [-0.39, 0.29) is 5.82 Å². The third-order valence-electron chi connectivity index (χ3n) is 2.43. The molecule has 2 aromatic rings. The number of hydrogen-bond donors (Lipinski definition) is 0. The van der Waals surface area contributed by atoms with E-state index in [4.69, 9.17) is 11.6 Å². The molecule has 0 heterocycles. The molecule has 0 nitrogen and oxygen atoms in total. The predicted molar refractivity (Wildman–Crippen MR) is 69.3 cm³/mol. The van der Waals surface area contributed by atoms with Gasteiger partial charge >= 0.3 is 0 Å². The van der Waals surface area contributed by atoms with Crippen molar-refractivity contribution in [2.75, 3.05) is 0 Å². The van der Waals surface area contributed by atoms with E-state index < -0.39 is 0 Å². The number of halogens is 3. The van der Waals surface area contributed by atoms with Gasteiger partial charge in [0.2, 0.25) is 0 Å². The maximum absolute atomic E-state index is 13.8. The van der Waals surface area contributed by atoms with Gasteiger partial charge in [0.25, 0.3) is 0 Å². The first-order chi connectivity index (χ1) is 7.61. The molecule has 0 bridgehead atoms. The van der Waals surface area contributed by atoms with Gasteiger partial charge in [-0.15, -0.1) is 0 Å². The van der Waals surface area contributed by atoms with Gasteiger partial charge in [-0.25, -0.2) is 4.39 Å². The van der Waals surface area contributed by atoms with E-state index in [2.05, 4.69) is 15.9 Å². The van der Waals surface area contributed by atoms with Crippen molar-refractivity contribution in [1.29, 1.82) is 0 Å². The summed E-state index contributed by atoms with van der Waals surface area (Å²) in [6.45, 7) is 1.92. The summed E-state index contributed by atoms with van der Waals surface area (Å²) in [7, 11) is 0. The zero-order chi connectivity index (χ0) is 11.7. The normalized spacial score (nSPS) is 10.5. The van der Waals surface area contributed by atoms with Gasteiger partial charge in [0.15, 0.2) is 0 Å². The van der Waals surface area contributed by atoms with E-state index in [1.165, 1.54) is 6.07 Å². The van der Waals surface area contributed by atoms with E-state index in [1.807, 2.05) is 19.1 Å². The zero-order valence-corrected chi connectivity index (χ0v) is 10.9. The van der Waals surface area contributed by atoms with Crippen molar-refractivity contribution in [3.05, 3.63) is 57.3 Å². The van der Waals surface area contributed by atoms with E-state index in [0.29, 0.717) is 15.1 Å². The second-order valence-corrected chi connectivity index (χ2v) is 4.79. The molecule has 0 fully saturated rings. The quantitative estimate of drug-likeness (QED) is 0.677. The Morgan fingerprint density at radius 1 is 1.06 bits per heavy atom. The molecule has 2 aromatic carbocycles. The Kier molecular flexibility index (Phi) is 3.31. The first-order valence-electron chi connectivity index (χ1n) is 4.80. The molecule has 0 aliphatic rings. The molecule has 0 aromatic heterocycles. The van der Waals surface area contributed by atoms with Gasteiger partial charge < -0.3 is 0 Å². The molecule has 0 atom stereocenters. The van der Waals surface area contributed by atoms with Crippen molar-refractivity contribution in [2.45, 2.75) is 6.92 Å². The lowest BCUT2D eigenvalue weighted by atomic mass is 10.0. The van der Waals surface area contributed by atoms with E-state index in [9.17, 15) is 4.39 Å². The smallest absolute Gasteiger partial charge is 0.132 e. The molecule has 0 radical (unpaired) electrons. The van der Waals surface area contributed by atoms with Crippen LogP contribution in [0.5, 0.6) is 0 Å². The minimum absolute atomic E-state index is 0.273. The van der Waals surface area contributed by atoms with Gasteiger partial charge in [-0.2, -0.15) is 0 Å². The van der Waals surface area contributed by atoms with Crippen LogP contribution < -0.4 is 0 Å². The highest BCUT2D eigenvalue weighted by atomic mass is 79.9. The molecule has 16 heavy (non-hydrogen) atoms. The zero-order valence-electron chi connectivity index (χ0n) is 8.60. The number of aryl methyl sites for hydroxylation is 1. The van der Waals surface area contributed by atoms with Crippen molar-refractivity contribution in [3.8, 4) is 11.1 Å². The lowest BCUT2D eigenvalue weighted by Gasteiger charge is -2.11. The third kappa shape index (κ3) is 2.00. The van der Waals surface area contributed by atoms with Crippen molar-refractivity contribution in [3.63, 3.8) is 0 Å². The van der Waals surface area contributed by atoms with Crippen molar-refractivity contribution in [1.82, 2.24) is 0 Å². The summed E-state index contributed by atoms with van der Waals surface area (Å²) in [4.78, 5) is 0. The Bertz CT molecular complexity index is 447. The molecule has 0 amide bonds. The van der Waals surface area contributed by atoms with Crippen molar-refractivity contribution >= 4 is 27.5 Å². The highest BCUT2D eigenvalue weighted by Gasteiger charge is 2.14. The highest BCUT2D eigenvalue weighted by Crippen LogP contribution is 2.37. The minimum Gasteiger partial charge on any atom is -0.206 e. The SMILES string of the molecule is Cc1cccc(Cl)c1-c1c(F)cccc1Br. The van der Waals surface area contributed by atoms with E-state index in [1.54, 1.807) is 18.2 Å². The predicted octanol–water partition coefficient (Wildman–Crippen LogP) is 5.22. The van der Waals surface area contributed by atoms with Gasteiger partial charge in [0.05, 0.1) is 0 Å². The van der Waals surface area contributed by atoms with Crippen LogP contribution in [0.25, 0.3) is 11.1 Å². The van der Waals surface area contributed by atoms with Crippen LogP contribution in [0, 0.1) is 12.7 Å². The standard InChI is InChI=1S/C13H9BrClF/c1-8-4-2-6-10(15)12(8)13-9(14)5-3-7-11(13)16/h2-7H,1H3. The summed E-state index contributed by atoms with van der Waals surface area (Å²) in [5.74, 6) is -0.273. The van der Waals surface area contributed by atoms with Crippen LogP contribution in [0.2, 0.25) is 5.02 Å². The summed E-state index contributed by atoms with van der Waals surface area (Å²) < 4.78 is 14.5. The average molecular weight is 300 g/mol. The highest BCUT2D eigenvalue weighted by molar-refractivity contribution is 9.10. The summed E-state index contributed by atoms with van der Waals surface area (Å²) in [5.41, 5.74) is 2.22. The molecule has 0 aliphatic heterocycles. The van der Waals surface area contributed by atoms with Gasteiger partial charge in [-0.05, 0) is 30.7 Å². The van der Waals surface area contributed by atoms with Crippen molar-refractivity contribution < 1.29 is 4.39 Å². The number of hydrogen-bond acceptors (Lipinski definition) is 0. The molecule has 0 saturated heterocycles. The van der Waals surface area contributed by atoms with E-state index in [0.717, 1.165) is 11.1 Å². The van der Waals surface area contributed by atoms with Crippen LogP contribution in [0.3, 0.4) is 0 Å². The maximum Gasteiger partial charge on any atom is 0.132 e. The van der Waals surface area contributed by atoms with Crippen molar-refractivity contribution in [2.24, 2.45) is 0 Å². The fourth-order valence-corrected chi connectivity index (χ4v) is 2.54. The lowest BCUT2D eigenvalue weighted by Crippen LogP contribution is -1.90. The number of benzene rings is 2. The maximum atomic E-state index is 13.8. The lowest BCUT2D eigenvalue weighted by molar-refractivity contribution is 0.630. The topological polar surface area (TPSA) is 0 Å². The van der Waals surface area contributed by atoms with Gasteiger partial charge in [0, 0.05) is 20.6 Å². The Hall–Kier alpha value is -0.860. The van der Waals surface area contributed by atoms with E-state index >= 15 is 0 Å². The molecule has 0 aliphatic carbocycles. The molecular formula is C13H9BrClF. The first-order valence-corrected chi connectivity index (χ1v) is 5.98. The van der Waals surface area contributed by atoms with Gasteiger partial charge in [-0.3, -0.25) is 0 Å². The number of rotatable bonds is 1. The minimum atomic E-state index is -0.273. The fraction of sp³-hybridized carbons (Fsp3) is 0.0769. The van der Waals surface area contributed by atoms with Crippen LogP contribution in [-0.2, 0) is 0 Å². The molecule has 0 spiro atoms. The molecule has 0 saturated carbocycles. The van der Waals surface area contributed by atoms with Crippen LogP contribution in [0.15, 0.2) is 40.9 Å². The molecular weight excluding hydrogens is 290 g/mol. The molecule has 2 rings (SSSR count). The fourth-order valence-electron chi connectivity index (χ4n) is 1.69. The summed E-state index contributed by atoms with van der Waals surface area (Å²) >= 11 is 9.47. The second-order valence-electron chi connectivity index (χ2n) is 3.53. The van der Waals surface area contributed by atoms with Crippen LogP contribution in [-0.4, -0.2) is 0 Å². The second kappa shape index (κ2) is 4.56. The van der Waals surface area contributed by atoms with Crippen LogP contribution in [0.1, 0.15) is 5.56 Å². The molecule has 82 valence electrons. The first kappa shape index (κ1) is 11.6. The third-order valence-corrected chi connectivity index (χ3v) is 3.41. The monoisotopic (exact) mass is 298 g/mol.